The molecule has 0 heterocycles. The summed E-state index contributed by atoms with van der Waals surface area (Å²) in [6, 6.07) is 0.379. The Morgan fingerprint density at radius 1 is 1.50 bits per heavy atom. The smallest absolute Gasteiger partial charge is 0.203 e. The third kappa shape index (κ3) is 2.70. The van der Waals surface area contributed by atoms with Crippen LogP contribution in [-0.2, 0) is 0 Å². The average molecular weight is 170 g/mol. The third-order valence-electron chi connectivity index (χ3n) is 2.38. The summed E-state index contributed by atoms with van der Waals surface area (Å²) in [6.07, 6.45) is 4.87. The molecule has 0 aromatic carbocycles. The van der Waals surface area contributed by atoms with Crippen molar-refractivity contribution in [3.63, 3.8) is 0 Å². The van der Waals surface area contributed by atoms with Crippen LogP contribution < -0.4 is 17.0 Å². The summed E-state index contributed by atoms with van der Waals surface area (Å²) in [7, 11) is 0. The van der Waals surface area contributed by atoms with E-state index < -0.39 is 0 Å². The maximum Gasteiger partial charge on any atom is 0.203 e. The monoisotopic (exact) mass is 170 g/mol. The molecule has 1 aliphatic carbocycles. The molecule has 12 heavy (non-hydrogen) atoms. The Labute approximate surface area is 73.4 Å². The molecule has 1 fully saturated rings. The van der Waals surface area contributed by atoms with Gasteiger partial charge in [-0.05, 0) is 18.8 Å². The normalized spacial score (nSPS) is 31.7. The average Bonchev–Trinajstić information content (AvgIpc) is 2.04. The van der Waals surface area contributed by atoms with Crippen molar-refractivity contribution in [2.75, 3.05) is 0 Å². The SMILES string of the molecule is CC1CCCC(N=C(N)NN)C1. The molecule has 1 saturated carbocycles. The number of hydrogen-bond donors (Lipinski definition) is 3. The Balaban J connectivity index is 2.41. The Hall–Kier alpha value is -0.770. The molecule has 0 spiro atoms. The molecule has 0 aliphatic heterocycles. The van der Waals surface area contributed by atoms with E-state index in [9.17, 15) is 0 Å². The van der Waals surface area contributed by atoms with Crippen LogP contribution in [-0.4, -0.2) is 12.0 Å². The van der Waals surface area contributed by atoms with Crippen LogP contribution in [0.25, 0.3) is 0 Å². The second-order valence-electron chi connectivity index (χ2n) is 3.58. The predicted octanol–water partition coefficient (Wildman–Crippen LogP) is 0.343. The zero-order chi connectivity index (χ0) is 8.97. The predicted molar refractivity (Wildman–Crippen MR) is 50.4 cm³/mol. The lowest BCUT2D eigenvalue weighted by Crippen LogP contribution is -2.38. The van der Waals surface area contributed by atoms with Gasteiger partial charge in [0.25, 0.3) is 0 Å². The molecular formula is C8H18N4. The largest absolute Gasteiger partial charge is 0.369 e. The van der Waals surface area contributed by atoms with Crippen molar-refractivity contribution < 1.29 is 0 Å². The first-order chi connectivity index (χ1) is 5.72. The van der Waals surface area contributed by atoms with Crippen LogP contribution in [0.1, 0.15) is 32.6 Å². The summed E-state index contributed by atoms with van der Waals surface area (Å²) < 4.78 is 0. The fourth-order valence-corrected chi connectivity index (χ4v) is 1.75. The van der Waals surface area contributed by atoms with E-state index in [-0.39, 0.29) is 0 Å². The highest BCUT2D eigenvalue weighted by atomic mass is 15.3. The van der Waals surface area contributed by atoms with Crippen molar-refractivity contribution >= 4 is 5.96 Å². The summed E-state index contributed by atoms with van der Waals surface area (Å²) >= 11 is 0. The summed E-state index contributed by atoms with van der Waals surface area (Å²) in [5.41, 5.74) is 7.82. The van der Waals surface area contributed by atoms with Crippen LogP contribution in [0.2, 0.25) is 0 Å². The number of rotatable bonds is 1. The van der Waals surface area contributed by atoms with Crippen LogP contribution in [0.3, 0.4) is 0 Å². The van der Waals surface area contributed by atoms with Gasteiger partial charge in [-0.25, -0.2) is 10.8 Å². The molecule has 0 amide bonds. The third-order valence-corrected chi connectivity index (χ3v) is 2.38. The first-order valence-corrected chi connectivity index (χ1v) is 4.52. The lowest BCUT2D eigenvalue weighted by atomic mass is 9.87. The van der Waals surface area contributed by atoms with Gasteiger partial charge in [0.15, 0.2) is 0 Å². The number of nitrogens with zero attached hydrogens (tertiary/aromatic N) is 1. The van der Waals surface area contributed by atoms with Gasteiger partial charge in [-0.1, -0.05) is 19.8 Å². The van der Waals surface area contributed by atoms with E-state index in [1.165, 1.54) is 12.8 Å². The van der Waals surface area contributed by atoms with Gasteiger partial charge in [-0.15, -0.1) is 0 Å². The Kier molecular flexibility index (Phi) is 3.34. The number of nitrogens with one attached hydrogen (secondary N) is 1. The quantitative estimate of drug-likeness (QED) is 0.230. The molecule has 0 bridgehead atoms. The van der Waals surface area contributed by atoms with E-state index in [0.29, 0.717) is 12.0 Å². The van der Waals surface area contributed by atoms with E-state index in [0.717, 1.165) is 18.8 Å². The minimum atomic E-state index is 0.356. The standard InChI is InChI=1S/C8H18N4/c1-6-3-2-4-7(5-6)11-8(9)12-10/h6-7H,2-5,10H2,1H3,(H3,9,11,12). The summed E-state index contributed by atoms with van der Waals surface area (Å²) in [5.74, 6) is 6.25. The second-order valence-corrected chi connectivity index (χ2v) is 3.58. The zero-order valence-electron chi connectivity index (χ0n) is 7.59. The first kappa shape index (κ1) is 9.32. The number of guanidine groups is 1. The highest BCUT2D eigenvalue weighted by Crippen LogP contribution is 2.25. The molecule has 0 aromatic rings. The molecule has 0 saturated heterocycles. The molecule has 5 N–H and O–H groups in total. The van der Waals surface area contributed by atoms with Crippen LogP contribution >= 0.6 is 0 Å². The zero-order valence-corrected chi connectivity index (χ0v) is 7.59. The van der Waals surface area contributed by atoms with Gasteiger partial charge >= 0.3 is 0 Å². The number of hydrazine groups is 1. The van der Waals surface area contributed by atoms with Crippen LogP contribution in [0.5, 0.6) is 0 Å². The summed E-state index contributed by atoms with van der Waals surface area (Å²) in [4.78, 5) is 4.26. The van der Waals surface area contributed by atoms with Gasteiger partial charge < -0.3 is 5.73 Å². The molecule has 4 heteroatoms. The number of nitrogens with two attached hydrogens (primary N) is 2. The topological polar surface area (TPSA) is 76.4 Å². The van der Waals surface area contributed by atoms with E-state index in [1.54, 1.807) is 0 Å². The lowest BCUT2D eigenvalue weighted by molar-refractivity contribution is 0.345. The first-order valence-electron chi connectivity index (χ1n) is 4.52. The van der Waals surface area contributed by atoms with Crippen molar-refractivity contribution in [3.05, 3.63) is 0 Å². The van der Waals surface area contributed by atoms with Crippen molar-refractivity contribution in [1.82, 2.24) is 5.43 Å². The Bertz CT molecular complexity index is 166. The van der Waals surface area contributed by atoms with Gasteiger partial charge in [0, 0.05) is 0 Å². The van der Waals surface area contributed by atoms with Crippen molar-refractivity contribution in [3.8, 4) is 0 Å². The summed E-state index contributed by atoms with van der Waals surface area (Å²) in [5, 5.41) is 0. The molecule has 1 aliphatic rings. The maximum absolute atomic E-state index is 5.46. The maximum atomic E-state index is 5.46. The highest BCUT2D eigenvalue weighted by molar-refractivity contribution is 5.77. The molecule has 70 valence electrons. The number of aliphatic imine (C=N–C) groups is 1. The molecule has 0 aromatic heterocycles. The van der Waals surface area contributed by atoms with Crippen LogP contribution in [0.15, 0.2) is 4.99 Å². The summed E-state index contributed by atoms with van der Waals surface area (Å²) in [6.45, 7) is 2.26. The fourth-order valence-electron chi connectivity index (χ4n) is 1.75. The lowest BCUT2D eigenvalue weighted by Gasteiger charge is -2.23. The van der Waals surface area contributed by atoms with E-state index >= 15 is 0 Å². The van der Waals surface area contributed by atoms with Gasteiger partial charge in [0.2, 0.25) is 5.96 Å². The van der Waals surface area contributed by atoms with Gasteiger partial charge in [0.1, 0.15) is 0 Å². The Morgan fingerprint density at radius 2 is 2.25 bits per heavy atom. The van der Waals surface area contributed by atoms with Gasteiger partial charge in [-0.2, -0.15) is 0 Å². The molecule has 4 nitrogen and oxygen atoms in total. The molecule has 0 radical (unpaired) electrons. The molecule has 1 rings (SSSR count). The van der Waals surface area contributed by atoms with Crippen molar-refractivity contribution in [2.24, 2.45) is 22.5 Å². The minimum Gasteiger partial charge on any atom is -0.369 e. The van der Waals surface area contributed by atoms with Gasteiger partial charge in [0.05, 0.1) is 6.04 Å². The fraction of sp³-hybridized carbons (Fsp3) is 0.875. The van der Waals surface area contributed by atoms with Gasteiger partial charge in [-0.3, -0.25) is 5.43 Å². The molecular weight excluding hydrogens is 152 g/mol. The minimum absolute atomic E-state index is 0.356. The van der Waals surface area contributed by atoms with Crippen LogP contribution in [0.4, 0.5) is 0 Å². The van der Waals surface area contributed by atoms with Crippen molar-refractivity contribution in [1.29, 1.82) is 0 Å². The highest BCUT2D eigenvalue weighted by Gasteiger charge is 2.17. The van der Waals surface area contributed by atoms with E-state index in [1.807, 2.05) is 0 Å². The second kappa shape index (κ2) is 4.30. The Morgan fingerprint density at radius 3 is 2.83 bits per heavy atom. The van der Waals surface area contributed by atoms with Crippen LogP contribution in [0, 0.1) is 5.92 Å². The molecule has 2 unspecified atom stereocenters. The van der Waals surface area contributed by atoms with E-state index in [4.69, 9.17) is 11.6 Å². The van der Waals surface area contributed by atoms with E-state index in [2.05, 4.69) is 17.3 Å². The molecule has 2 atom stereocenters. The van der Waals surface area contributed by atoms with Crippen molar-refractivity contribution in [2.45, 2.75) is 38.6 Å². The number of hydrogen-bond acceptors (Lipinski definition) is 2.